The topological polar surface area (TPSA) is 91.3 Å². The molecule has 386 valence electrons. The number of phosphoric ester groups is 1. The van der Waals surface area contributed by atoms with Crippen molar-refractivity contribution in [1.82, 2.24) is 0 Å². The van der Waals surface area contributed by atoms with Crippen LogP contribution in [-0.2, 0) is 27.9 Å². The molecule has 0 aromatic carbocycles. The summed E-state index contributed by atoms with van der Waals surface area (Å²) in [6, 6.07) is 0. The molecule has 66 heavy (non-hydrogen) atoms. The molecule has 0 saturated heterocycles. The summed E-state index contributed by atoms with van der Waals surface area (Å²) in [6.07, 6.45) is 64.3. The van der Waals surface area contributed by atoms with Gasteiger partial charge in [-0.05, 0) is 57.8 Å². The molecule has 0 aromatic rings. The molecule has 0 radical (unpaired) electrons. The van der Waals surface area contributed by atoms with Crippen LogP contribution in [0.15, 0.2) is 60.8 Å². The van der Waals surface area contributed by atoms with Crippen LogP contribution in [0.4, 0.5) is 0 Å². The maximum Gasteiger partial charge on any atom is 0.472 e. The van der Waals surface area contributed by atoms with E-state index in [1.165, 1.54) is 148 Å². The Balaban J connectivity index is 4.11. The van der Waals surface area contributed by atoms with E-state index in [1.54, 1.807) is 0 Å². The number of carbonyl (C=O) groups excluding carboxylic acids is 1. The van der Waals surface area contributed by atoms with Crippen molar-refractivity contribution >= 4 is 13.8 Å². The molecule has 0 aliphatic carbocycles. The summed E-state index contributed by atoms with van der Waals surface area (Å²) in [7, 11) is 1.65. The highest BCUT2D eigenvalue weighted by atomic mass is 31.2. The van der Waals surface area contributed by atoms with Gasteiger partial charge < -0.3 is 18.9 Å². The van der Waals surface area contributed by atoms with E-state index in [9.17, 15) is 14.3 Å². The lowest BCUT2D eigenvalue weighted by molar-refractivity contribution is -0.870. The Morgan fingerprint density at radius 2 is 0.879 bits per heavy atom. The smallest absolute Gasteiger partial charge is 0.457 e. The summed E-state index contributed by atoms with van der Waals surface area (Å²) in [6.45, 7) is 5.50. The fourth-order valence-corrected chi connectivity index (χ4v) is 8.38. The number of likely N-dealkylation sites (N-methyl/N-ethyl adjacent to an activating group) is 1. The van der Waals surface area contributed by atoms with Crippen molar-refractivity contribution in [2.75, 3.05) is 54.1 Å². The molecule has 8 nitrogen and oxygen atoms in total. The highest BCUT2D eigenvalue weighted by Gasteiger charge is 2.26. The van der Waals surface area contributed by atoms with Crippen LogP contribution in [0.25, 0.3) is 0 Å². The summed E-state index contributed by atoms with van der Waals surface area (Å²) >= 11 is 0. The molecule has 0 saturated carbocycles. The summed E-state index contributed by atoms with van der Waals surface area (Å²) in [5, 5.41) is 0. The quantitative estimate of drug-likeness (QED) is 0.0213. The number of ether oxygens (including phenoxy) is 2. The summed E-state index contributed by atoms with van der Waals surface area (Å²) in [5.74, 6) is -0.342. The number of hydrogen-bond donors (Lipinski definition) is 1. The lowest BCUT2D eigenvalue weighted by Crippen LogP contribution is -2.37. The third-order valence-corrected chi connectivity index (χ3v) is 12.8. The monoisotopic (exact) mass is 949 g/mol. The van der Waals surface area contributed by atoms with Gasteiger partial charge in [0.25, 0.3) is 0 Å². The minimum absolute atomic E-state index is 0.0808. The first-order valence-corrected chi connectivity index (χ1v) is 29.0. The van der Waals surface area contributed by atoms with Gasteiger partial charge in [0.1, 0.15) is 19.3 Å². The van der Waals surface area contributed by atoms with Crippen LogP contribution in [0.5, 0.6) is 0 Å². The third-order valence-electron chi connectivity index (χ3n) is 11.8. The van der Waals surface area contributed by atoms with Gasteiger partial charge in [0.15, 0.2) is 0 Å². The number of hydrogen-bond acceptors (Lipinski definition) is 6. The maximum atomic E-state index is 12.8. The van der Waals surface area contributed by atoms with Crippen molar-refractivity contribution in [1.29, 1.82) is 0 Å². The summed E-state index contributed by atoms with van der Waals surface area (Å²) in [4.78, 5) is 23.0. The second-order valence-electron chi connectivity index (χ2n) is 19.6. The van der Waals surface area contributed by atoms with Gasteiger partial charge in [-0.3, -0.25) is 13.8 Å². The first-order chi connectivity index (χ1) is 32.1. The van der Waals surface area contributed by atoms with Crippen molar-refractivity contribution in [3.05, 3.63) is 60.8 Å². The van der Waals surface area contributed by atoms with Crippen molar-refractivity contribution in [3.63, 3.8) is 0 Å². The van der Waals surface area contributed by atoms with Gasteiger partial charge in [-0.2, -0.15) is 0 Å². The number of rotatable bonds is 51. The van der Waals surface area contributed by atoms with Gasteiger partial charge in [0.2, 0.25) is 0 Å². The van der Waals surface area contributed by atoms with Crippen LogP contribution in [0.3, 0.4) is 0 Å². The summed E-state index contributed by atoms with van der Waals surface area (Å²) < 4.78 is 35.2. The van der Waals surface area contributed by atoms with Gasteiger partial charge in [0, 0.05) is 13.0 Å². The number of esters is 1. The van der Waals surface area contributed by atoms with Crippen molar-refractivity contribution in [2.24, 2.45) is 0 Å². The van der Waals surface area contributed by atoms with Gasteiger partial charge in [-0.15, -0.1) is 0 Å². The van der Waals surface area contributed by atoms with Crippen LogP contribution >= 0.6 is 7.82 Å². The maximum absolute atomic E-state index is 12.8. The van der Waals surface area contributed by atoms with Crippen LogP contribution < -0.4 is 0 Å². The molecule has 0 bridgehead atoms. The molecule has 2 unspecified atom stereocenters. The molecular weight excluding hydrogens is 842 g/mol. The molecule has 1 N–H and O–H groups in total. The Labute approximate surface area is 409 Å². The van der Waals surface area contributed by atoms with Crippen molar-refractivity contribution < 1.29 is 37.3 Å². The van der Waals surface area contributed by atoms with Crippen LogP contribution in [0, 0.1) is 0 Å². The van der Waals surface area contributed by atoms with E-state index in [-0.39, 0.29) is 25.8 Å². The number of quaternary nitrogens is 1. The average molecular weight is 949 g/mol. The molecule has 0 amide bonds. The van der Waals surface area contributed by atoms with E-state index < -0.39 is 13.9 Å². The minimum atomic E-state index is -4.29. The van der Waals surface area contributed by atoms with Crippen LogP contribution in [0.2, 0.25) is 0 Å². The predicted molar refractivity (Wildman–Crippen MR) is 284 cm³/mol. The lowest BCUT2D eigenvalue weighted by Gasteiger charge is -2.24. The lowest BCUT2D eigenvalue weighted by atomic mass is 10.0. The number of nitrogens with zero attached hydrogens (tertiary/aromatic N) is 1. The number of phosphoric acid groups is 1. The zero-order chi connectivity index (χ0) is 48.3. The fraction of sp³-hybridized carbons (Fsp3) is 0.807. The molecule has 0 aliphatic rings. The molecule has 2 atom stereocenters. The number of allylic oxidation sites excluding steroid dienone is 10. The zero-order valence-corrected chi connectivity index (χ0v) is 44.8. The third kappa shape index (κ3) is 53.2. The highest BCUT2D eigenvalue weighted by Crippen LogP contribution is 2.43. The molecule has 0 aliphatic heterocycles. The van der Waals surface area contributed by atoms with Gasteiger partial charge in [0.05, 0.1) is 34.4 Å². The molecule has 0 rings (SSSR count). The molecule has 9 heteroatoms. The van der Waals surface area contributed by atoms with Gasteiger partial charge >= 0.3 is 13.8 Å². The zero-order valence-electron chi connectivity index (χ0n) is 43.9. The van der Waals surface area contributed by atoms with Gasteiger partial charge in [-0.1, -0.05) is 235 Å². The average Bonchev–Trinajstić information content (AvgIpc) is 3.28. The van der Waals surface area contributed by atoms with Crippen molar-refractivity contribution in [2.45, 2.75) is 245 Å². The largest absolute Gasteiger partial charge is 0.472 e. The second-order valence-corrected chi connectivity index (χ2v) is 21.0. The predicted octanol–water partition coefficient (Wildman–Crippen LogP) is 17.2. The first kappa shape index (κ1) is 64.2. The van der Waals surface area contributed by atoms with E-state index in [4.69, 9.17) is 18.5 Å². The minimum Gasteiger partial charge on any atom is -0.457 e. The SMILES string of the molecule is CC/C=C\C/C=C\C/C=C\C/C=C\C/C=C\CCCCCC(=O)OC(COCCCCCCCCCCCCCCCCCCCCCCCCCCC)COP(=O)(O)OCC[N+](C)(C)C. The van der Waals surface area contributed by atoms with Crippen LogP contribution in [-0.4, -0.2) is 75.6 Å². The Hall–Kier alpha value is -1.80. The first-order valence-electron chi connectivity index (χ1n) is 27.5. The molecule has 0 heterocycles. The number of carbonyl (C=O) groups is 1. The Morgan fingerprint density at radius 3 is 1.30 bits per heavy atom. The Bertz CT molecular complexity index is 1240. The normalized spacial score (nSPS) is 14.0. The molecular formula is C57H107NO7P+. The molecule has 0 fully saturated rings. The molecule has 0 aromatic heterocycles. The Morgan fingerprint density at radius 1 is 0.485 bits per heavy atom. The van der Waals surface area contributed by atoms with E-state index in [1.807, 2.05) is 21.1 Å². The second kappa shape index (κ2) is 49.6. The van der Waals surface area contributed by atoms with E-state index in [0.717, 1.165) is 70.6 Å². The Kier molecular flexibility index (Phi) is 48.3. The number of unbranched alkanes of at least 4 members (excludes halogenated alkanes) is 27. The van der Waals surface area contributed by atoms with E-state index in [0.29, 0.717) is 24.1 Å². The summed E-state index contributed by atoms with van der Waals surface area (Å²) in [5.41, 5.74) is 0. The van der Waals surface area contributed by atoms with E-state index in [2.05, 4.69) is 74.6 Å². The standard InChI is InChI=1S/C57H106NO7P/c1-6-8-10-12-14-16-18-20-22-24-26-27-28-29-30-31-33-35-37-39-41-43-45-47-49-52-62-54-56(55-64-66(60,61)63-53-51-58(3,4)5)65-57(59)50-48-46-44-42-40-38-36-34-32-25-23-21-19-17-15-13-11-9-7-2/h9,11,15,17,21,23,32,34,38,40,56H,6-8,10,12-14,16,18-20,22,24-31,33,35-37,39,41-55H2,1-5H3/p+1/b11-9-,17-15-,23-21-,34-32-,40-38-. The van der Waals surface area contributed by atoms with Crippen LogP contribution in [0.1, 0.15) is 239 Å². The van der Waals surface area contributed by atoms with Gasteiger partial charge in [-0.25, -0.2) is 4.57 Å². The highest BCUT2D eigenvalue weighted by molar-refractivity contribution is 7.47. The molecule has 0 spiro atoms. The van der Waals surface area contributed by atoms with Crippen molar-refractivity contribution in [3.8, 4) is 0 Å². The van der Waals surface area contributed by atoms with E-state index >= 15 is 0 Å². The fourth-order valence-electron chi connectivity index (χ4n) is 7.64.